The van der Waals surface area contributed by atoms with Crippen LogP contribution in [-0.2, 0) is 6.54 Å². The topological polar surface area (TPSA) is 17.0 Å². The van der Waals surface area contributed by atoms with Crippen LogP contribution < -0.4 is 5.32 Å². The Balaban J connectivity index is 1.77. The molecule has 120 valence electrons. The van der Waals surface area contributed by atoms with Crippen LogP contribution in [0.15, 0.2) is 36.5 Å². The van der Waals surface area contributed by atoms with Gasteiger partial charge in [-0.2, -0.15) is 0 Å². The number of aryl methyl sites for hydroxylation is 5. The molecule has 2 heteroatoms. The summed E-state index contributed by atoms with van der Waals surface area (Å²) in [6, 6.07) is 11.2. The molecule has 3 rings (SSSR count). The molecule has 1 aromatic heterocycles. The quantitative estimate of drug-likeness (QED) is 0.692. The molecule has 0 saturated heterocycles. The van der Waals surface area contributed by atoms with Gasteiger partial charge in [0.25, 0.3) is 0 Å². The molecule has 0 atom stereocenters. The molecule has 0 saturated carbocycles. The molecule has 0 aliphatic rings. The predicted molar refractivity (Wildman–Crippen MR) is 101 cm³/mol. The van der Waals surface area contributed by atoms with E-state index in [1.165, 1.54) is 44.4 Å². The Bertz CT molecular complexity index is 833. The zero-order valence-corrected chi connectivity index (χ0v) is 14.8. The van der Waals surface area contributed by atoms with Gasteiger partial charge in [-0.25, -0.2) is 0 Å². The van der Waals surface area contributed by atoms with E-state index in [-0.39, 0.29) is 0 Å². The number of fused-ring (bicyclic) bond motifs is 1. The highest BCUT2D eigenvalue weighted by molar-refractivity contribution is 5.84. The predicted octanol–water partition coefficient (Wildman–Crippen LogP) is 5.30. The molecule has 0 bridgehead atoms. The fourth-order valence-electron chi connectivity index (χ4n) is 3.70. The molecule has 0 amide bonds. The lowest BCUT2D eigenvalue weighted by atomic mass is 10.1. The molecular formula is C21H26N2. The van der Waals surface area contributed by atoms with Gasteiger partial charge < -0.3 is 9.88 Å². The monoisotopic (exact) mass is 306 g/mol. The van der Waals surface area contributed by atoms with Crippen molar-refractivity contribution in [2.24, 2.45) is 0 Å². The van der Waals surface area contributed by atoms with Crippen LogP contribution in [0.4, 0.5) is 5.69 Å². The minimum absolute atomic E-state index is 0.932. The van der Waals surface area contributed by atoms with Crippen molar-refractivity contribution in [3.05, 3.63) is 64.3 Å². The van der Waals surface area contributed by atoms with Gasteiger partial charge in [0.1, 0.15) is 0 Å². The first-order chi connectivity index (χ1) is 11.0. The van der Waals surface area contributed by atoms with Crippen LogP contribution in [-0.4, -0.2) is 11.1 Å². The standard InChI is InChI=1S/C21H26N2/c1-14-10-16(3)20(17(4)11-14)22-7-9-23-8-6-19-13-15(2)12-18(5)21(19)23/h6,8,10-13,22H,7,9H2,1-5H3. The van der Waals surface area contributed by atoms with Crippen molar-refractivity contribution in [3.63, 3.8) is 0 Å². The van der Waals surface area contributed by atoms with Crippen LogP contribution in [0.25, 0.3) is 10.9 Å². The van der Waals surface area contributed by atoms with Crippen molar-refractivity contribution >= 4 is 16.6 Å². The summed E-state index contributed by atoms with van der Waals surface area (Å²) in [6.45, 7) is 12.8. The van der Waals surface area contributed by atoms with Gasteiger partial charge in [-0.3, -0.25) is 0 Å². The van der Waals surface area contributed by atoms with Gasteiger partial charge >= 0.3 is 0 Å². The number of nitrogens with one attached hydrogen (secondary N) is 1. The maximum absolute atomic E-state index is 3.62. The van der Waals surface area contributed by atoms with E-state index in [1.807, 2.05) is 0 Å². The molecule has 0 fully saturated rings. The average Bonchev–Trinajstić information content (AvgIpc) is 2.84. The molecule has 2 aromatic carbocycles. The average molecular weight is 306 g/mol. The molecule has 0 unspecified atom stereocenters. The maximum Gasteiger partial charge on any atom is 0.0510 e. The summed E-state index contributed by atoms with van der Waals surface area (Å²) in [5.74, 6) is 0. The molecule has 2 nitrogen and oxygen atoms in total. The zero-order valence-electron chi connectivity index (χ0n) is 14.8. The Kier molecular flexibility index (Phi) is 4.16. The molecule has 23 heavy (non-hydrogen) atoms. The summed E-state index contributed by atoms with van der Waals surface area (Å²) in [7, 11) is 0. The van der Waals surface area contributed by atoms with Crippen LogP contribution in [0.5, 0.6) is 0 Å². The molecular weight excluding hydrogens is 280 g/mol. The van der Waals surface area contributed by atoms with Gasteiger partial charge in [-0.1, -0.05) is 29.3 Å². The van der Waals surface area contributed by atoms with Gasteiger partial charge in [-0.15, -0.1) is 0 Å². The van der Waals surface area contributed by atoms with Crippen molar-refractivity contribution in [2.75, 3.05) is 11.9 Å². The highest BCUT2D eigenvalue weighted by atomic mass is 15.0. The number of hydrogen-bond donors (Lipinski definition) is 1. The van der Waals surface area contributed by atoms with Crippen molar-refractivity contribution in [1.29, 1.82) is 0 Å². The van der Waals surface area contributed by atoms with E-state index in [4.69, 9.17) is 0 Å². The van der Waals surface area contributed by atoms with Gasteiger partial charge in [0.2, 0.25) is 0 Å². The maximum atomic E-state index is 3.62. The summed E-state index contributed by atoms with van der Waals surface area (Å²) in [5, 5.41) is 4.96. The first-order valence-corrected chi connectivity index (χ1v) is 8.33. The third-order valence-corrected chi connectivity index (χ3v) is 4.53. The Hall–Kier alpha value is -2.22. The lowest BCUT2D eigenvalue weighted by Gasteiger charge is -2.15. The second-order valence-corrected chi connectivity index (χ2v) is 6.73. The smallest absolute Gasteiger partial charge is 0.0510 e. The Morgan fingerprint density at radius 2 is 1.43 bits per heavy atom. The molecule has 0 radical (unpaired) electrons. The highest BCUT2D eigenvalue weighted by Gasteiger charge is 2.06. The van der Waals surface area contributed by atoms with E-state index in [0.29, 0.717) is 0 Å². The molecule has 0 spiro atoms. The van der Waals surface area contributed by atoms with Crippen molar-refractivity contribution in [1.82, 2.24) is 4.57 Å². The fraction of sp³-hybridized carbons (Fsp3) is 0.333. The second-order valence-electron chi connectivity index (χ2n) is 6.73. The normalized spacial score (nSPS) is 11.2. The van der Waals surface area contributed by atoms with Crippen LogP contribution in [0.2, 0.25) is 0 Å². The van der Waals surface area contributed by atoms with Gasteiger partial charge in [-0.05, 0) is 63.4 Å². The summed E-state index contributed by atoms with van der Waals surface area (Å²) in [4.78, 5) is 0. The minimum atomic E-state index is 0.932. The van der Waals surface area contributed by atoms with Gasteiger partial charge in [0, 0.05) is 30.4 Å². The highest BCUT2D eigenvalue weighted by Crippen LogP contribution is 2.23. The second kappa shape index (κ2) is 6.11. The number of aromatic nitrogens is 1. The van der Waals surface area contributed by atoms with Crippen molar-refractivity contribution in [2.45, 2.75) is 41.2 Å². The molecule has 1 N–H and O–H groups in total. The zero-order chi connectivity index (χ0) is 16.6. The van der Waals surface area contributed by atoms with E-state index in [2.05, 4.69) is 81.0 Å². The van der Waals surface area contributed by atoms with Gasteiger partial charge in [0.15, 0.2) is 0 Å². The lowest BCUT2D eigenvalue weighted by Crippen LogP contribution is -2.12. The number of anilines is 1. The molecule has 1 heterocycles. The first kappa shape index (κ1) is 15.7. The largest absolute Gasteiger partial charge is 0.383 e. The number of nitrogens with zero attached hydrogens (tertiary/aromatic N) is 1. The summed E-state index contributed by atoms with van der Waals surface area (Å²) < 4.78 is 2.36. The van der Waals surface area contributed by atoms with Crippen LogP contribution in [0.3, 0.4) is 0 Å². The third-order valence-electron chi connectivity index (χ3n) is 4.53. The number of benzene rings is 2. The SMILES string of the molecule is Cc1cc(C)c(NCCn2ccc3cc(C)cc(C)c32)c(C)c1. The Labute approximate surface area is 139 Å². The van der Waals surface area contributed by atoms with Gasteiger partial charge in [0.05, 0.1) is 5.52 Å². The third kappa shape index (κ3) is 3.12. The molecule has 3 aromatic rings. The van der Waals surface area contributed by atoms with Crippen molar-refractivity contribution < 1.29 is 0 Å². The molecule has 0 aliphatic carbocycles. The summed E-state index contributed by atoms with van der Waals surface area (Å²) in [5.41, 5.74) is 9.30. The van der Waals surface area contributed by atoms with Crippen molar-refractivity contribution in [3.8, 4) is 0 Å². The lowest BCUT2D eigenvalue weighted by molar-refractivity contribution is 0.755. The van der Waals surface area contributed by atoms with E-state index in [0.717, 1.165) is 13.1 Å². The molecule has 0 aliphatic heterocycles. The Morgan fingerprint density at radius 3 is 2.13 bits per heavy atom. The summed E-state index contributed by atoms with van der Waals surface area (Å²) in [6.07, 6.45) is 2.20. The Morgan fingerprint density at radius 1 is 0.826 bits per heavy atom. The first-order valence-electron chi connectivity index (χ1n) is 8.33. The van der Waals surface area contributed by atoms with E-state index < -0.39 is 0 Å². The number of hydrogen-bond acceptors (Lipinski definition) is 1. The van der Waals surface area contributed by atoms with Crippen LogP contribution >= 0.6 is 0 Å². The number of rotatable bonds is 4. The fourth-order valence-corrected chi connectivity index (χ4v) is 3.70. The van der Waals surface area contributed by atoms with E-state index in [9.17, 15) is 0 Å². The minimum Gasteiger partial charge on any atom is -0.383 e. The van der Waals surface area contributed by atoms with Crippen LogP contribution in [0, 0.1) is 34.6 Å². The van der Waals surface area contributed by atoms with Crippen LogP contribution in [0.1, 0.15) is 27.8 Å². The summed E-state index contributed by atoms with van der Waals surface area (Å²) >= 11 is 0. The van der Waals surface area contributed by atoms with E-state index >= 15 is 0 Å². The van der Waals surface area contributed by atoms with E-state index in [1.54, 1.807) is 0 Å².